The van der Waals surface area contributed by atoms with Gasteiger partial charge in [0.25, 0.3) is 0 Å². The summed E-state index contributed by atoms with van der Waals surface area (Å²) in [6.45, 7) is 6.04. The first kappa shape index (κ1) is 18.2. The van der Waals surface area contributed by atoms with E-state index in [-0.39, 0.29) is 6.61 Å². The molecule has 4 nitrogen and oxygen atoms in total. The second-order valence-corrected chi connectivity index (χ2v) is 6.78. The normalized spacial score (nSPS) is 19.3. The van der Waals surface area contributed by atoms with Gasteiger partial charge in [-0.2, -0.15) is 0 Å². The van der Waals surface area contributed by atoms with Gasteiger partial charge in [-0.05, 0) is 57.6 Å². The lowest BCUT2D eigenvalue weighted by atomic mass is 10.0. The Morgan fingerprint density at radius 3 is 2.87 bits per heavy atom. The Labute approximate surface area is 141 Å². The fourth-order valence-corrected chi connectivity index (χ4v) is 3.32. The predicted octanol–water partition coefficient (Wildman–Crippen LogP) is 2.88. The number of aliphatic hydroxyl groups is 1. The van der Waals surface area contributed by atoms with Gasteiger partial charge in [0.2, 0.25) is 0 Å². The zero-order valence-electron chi connectivity index (χ0n) is 14.9. The first-order valence-electron chi connectivity index (χ1n) is 8.88. The Kier molecular flexibility index (Phi) is 7.34. The highest BCUT2D eigenvalue weighted by molar-refractivity contribution is 5.36. The van der Waals surface area contributed by atoms with Crippen molar-refractivity contribution in [2.24, 2.45) is 0 Å². The number of rotatable bonds is 8. The molecule has 1 aliphatic heterocycles. The van der Waals surface area contributed by atoms with Crippen LogP contribution >= 0.6 is 0 Å². The highest BCUT2D eigenvalue weighted by atomic mass is 16.5. The van der Waals surface area contributed by atoms with E-state index in [9.17, 15) is 5.11 Å². The Balaban J connectivity index is 1.93. The minimum Gasteiger partial charge on any atom is -0.493 e. The van der Waals surface area contributed by atoms with Crippen LogP contribution in [-0.4, -0.2) is 54.7 Å². The minimum atomic E-state index is 0.0297. The van der Waals surface area contributed by atoms with Crippen molar-refractivity contribution in [3.05, 3.63) is 29.3 Å². The van der Waals surface area contributed by atoms with Crippen molar-refractivity contribution in [2.45, 2.75) is 51.8 Å². The molecule has 0 amide bonds. The Morgan fingerprint density at radius 2 is 2.17 bits per heavy atom. The number of likely N-dealkylation sites (N-methyl/N-ethyl adjacent to an activating group) is 2. The lowest BCUT2D eigenvalue weighted by Crippen LogP contribution is -2.43. The largest absolute Gasteiger partial charge is 0.493 e. The van der Waals surface area contributed by atoms with Crippen LogP contribution in [0.4, 0.5) is 0 Å². The number of likely N-dealkylation sites (tertiary alicyclic amines) is 1. The summed E-state index contributed by atoms with van der Waals surface area (Å²) in [6, 6.07) is 6.85. The summed E-state index contributed by atoms with van der Waals surface area (Å²) in [5, 5.41) is 9.57. The highest BCUT2D eigenvalue weighted by Crippen LogP contribution is 2.22. The van der Waals surface area contributed by atoms with Crippen LogP contribution in [0.2, 0.25) is 0 Å². The van der Waals surface area contributed by atoms with E-state index in [2.05, 4.69) is 43.0 Å². The number of ether oxygens (including phenoxy) is 1. The standard InChI is InChI=1S/C19H32N2O2/c1-4-11-23-19-9-8-16(12-17(19)15-22)13-20(2)14-18-7-5-6-10-21(18)3/h8-9,12,18,22H,4-7,10-11,13-15H2,1-3H3/t18-/m1/s1. The third kappa shape index (κ3) is 5.48. The van der Waals surface area contributed by atoms with Gasteiger partial charge in [0, 0.05) is 24.7 Å². The average molecular weight is 320 g/mol. The maximum atomic E-state index is 9.57. The third-order valence-corrected chi connectivity index (χ3v) is 4.65. The van der Waals surface area contributed by atoms with Crippen molar-refractivity contribution in [3.8, 4) is 5.75 Å². The molecule has 1 heterocycles. The summed E-state index contributed by atoms with van der Waals surface area (Å²) in [5.41, 5.74) is 2.12. The van der Waals surface area contributed by atoms with Crippen LogP contribution in [0.25, 0.3) is 0 Å². The summed E-state index contributed by atoms with van der Waals surface area (Å²) < 4.78 is 5.69. The smallest absolute Gasteiger partial charge is 0.124 e. The monoisotopic (exact) mass is 320 g/mol. The summed E-state index contributed by atoms with van der Waals surface area (Å²) in [6.07, 6.45) is 4.95. The quantitative estimate of drug-likeness (QED) is 0.799. The van der Waals surface area contributed by atoms with Gasteiger partial charge in [0.05, 0.1) is 13.2 Å². The molecule has 1 aromatic carbocycles. The molecule has 1 atom stereocenters. The van der Waals surface area contributed by atoms with Crippen molar-refractivity contribution in [1.29, 1.82) is 0 Å². The van der Waals surface area contributed by atoms with Crippen LogP contribution in [-0.2, 0) is 13.2 Å². The summed E-state index contributed by atoms with van der Waals surface area (Å²) >= 11 is 0. The van der Waals surface area contributed by atoms with Crippen LogP contribution in [0.15, 0.2) is 18.2 Å². The lowest BCUT2D eigenvalue weighted by Gasteiger charge is -2.35. The van der Waals surface area contributed by atoms with E-state index in [1.807, 2.05) is 6.07 Å². The van der Waals surface area contributed by atoms with Gasteiger partial charge in [0.1, 0.15) is 5.75 Å². The number of aliphatic hydroxyl groups excluding tert-OH is 1. The molecule has 1 fully saturated rings. The Bertz CT molecular complexity index is 478. The van der Waals surface area contributed by atoms with E-state index >= 15 is 0 Å². The minimum absolute atomic E-state index is 0.0297. The molecule has 0 spiro atoms. The molecule has 23 heavy (non-hydrogen) atoms. The zero-order valence-corrected chi connectivity index (χ0v) is 14.9. The maximum Gasteiger partial charge on any atom is 0.124 e. The molecule has 1 aliphatic rings. The first-order chi connectivity index (χ1) is 11.1. The van der Waals surface area contributed by atoms with Gasteiger partial charge < -0.3 is 19.6 Å². The fraction of sp³-hybridized carbons (Fsp3) is 0.684. The SMILES string of the molecule is CCCOc1ccc(CN(C)C[C@H]2CCCCN2C)cc1CO. The summed E-state index contributed by atoms with van der Waals surface area (Å²) in [5.74, 6) is 0.813. The number of hydrogen-bond acceptors (Lipinski definition) is 4. The van der Waals surface area contributed by atoms with Gasteiger partial charge in [-0.25, -0.2) is 0 Å². The number of piperidine rings is 1. The second-order valence-electron chi connectivity index (χ2n) is 6.78. The van der Waals surface area contributed by atoms with Gasteiger partial charge in [-0.1, -0.05) is 19.4 Å². The van der Waals surface area contributed by atoms with Crippen molar-refractivity contribution in [2.75, 3.05) is 33.8 Å². The number of benzene rings is 1. The molecule has 2 rings (SSSR count). The van der Waals surface area contributed by atoms with E-state index in [4.69, 9.17) is 4.74 Å². The van der Waals surface area contributed by atoms with Gasteiger partial charge in [-0.15, -0.1) is 0 Å². The third-order valence-electron chi connectivity index (χ3n) is 4.65. The van der Waals surface area contributed by atoms with Crippen molar-refractivity contribution >= 4 is 0 Å². The van der Waals surface area contributed by atoms with E-state index in [0.29, 0.717) is 12.6 Å². The van der Waals surface area contributed by atoms with Gasteiger partial charge >= 0.3 is 0 Å². The molecule has 0 aliphatic carbocycles. The molecule has 0 radical (unpaired) electrons. The molecule has 0 unspecified atom stereocenters. The van der Waals surface area contributed by atoms with Crippen molar-refractivity contribution in [1.82, 2.24) is 9.80 Å². The average Bonchev–Trinajstić information content (AvgIpc) is 2.55. The van der Waals surface area contributed by atoms with E-state index in [1.54, 1.807) is 0 Å². The molecule has 0 bridgehead atoms. The molecule has 1 N–H and O–H groups in total. The van der Waals surface area contributed by atoms with Gasteiger partial charge in [-0.3, -0.25) is 0 Å². The van der Waals surface area contributed by atoms with Crippen LogP contribution < -0.4 is 4.74 Å². The number of nitrogens with zero attached hydrogens (tertiary/aromatic N) is 2. The topological polar surface area (TPSA) is 35.9 Å². The van der Waals surface area contributed by atoms with Crippen LogP contribution in [0.3, 0.4) is 0 Å². The molecular formula is C19H32N2O2. The highest BCUT2D eigenvalue weighted by Gasteiger charge is 2.20. The van der Waals surface area contributed by atoms with E-state index in [1.165, 1.54) is 31.4 Å². The second kappa shape index (κ2) is 9.26. The van der Waals surface area contributed by atoms with Crippen molar-refractivity contribution < 1.29 is 9.84 Å². The fourth-order valence-electron chi connectivity index (χ4n) is 3.32. The molecule has 130 valence electrons. The van der Waals surface area contributed by atoms with Crippen LogP contribution in [0, 0.1) is 0 Å². The molecular weight excluding hydrogens is 288 g/mol. The number of hydrogen-bond donors (Lipinski definition) is 1. The van der Waals surface area contributed by atoms with Crippen LogP contribution in [0.1, 0.15) is 43.7 Å². The Hall–Kier alpha value is -1.10. The Morgan fingerprint density at radius 1 is 1.35 bits per heavy atom. The summed E-state index contributed by atoms with van der Waals surface area (Å²) in [7, 11) is 4.42. The molecule has 4 heteroatoms. The van der Waals surface area contributed by atoms with E-state index in [0.717, 1.165) is 30.8 Å². The van der Waals surface area contributed by atoms with Gasteiger partial charge in [0.15, 0.2) is 0 Å². The van der Waals surface area contributed by atoms with Crippen molar-refractivity contribution in [3.63, 3.8) is 0 Å². The zero-order chi connectivity index (χ0) is 16.7. The lowest BCUT2D eigenvalue weighted by molar-refractivity contribution is 0.138. The first-order valence-corrected chi connectivity index (χ1v) is 8.88. The maximum absolute atomic E-state index is 9.57. The molecule has 0 aromatic heterocycles. The molecule has 1 aromatic rings. The van der Waals surface area contributed by atoms with E-state index < -0.39 is 0 Å². The summed E-state index contributed by atoms with van der Waals surface area (Å²) in [4.78, 5) is 4.87. The molecule has 0 saturated carbocycles. The molecule has 1 saturated heterocycles. The predicted molar refractivity (Wildman–Crippen MR) is 94.8 cm³/mol. The van der Waals surface area contributed by atoms with Crippen LogP contribution in [0.5, 0.6) is 5.75 Å².